The van der Waals surface area contributed by atoms with Gasteiger partial charge in [-0.2, -0.15) is 0 Å². The Bertz CT molecular complexity index is 562. The number of carboxylic acids is 1. The summed E-state index contributed by atoms with van der Waals surface area (Å²) in [6, 6.07) is 4.47. The third-order valence-electron chi connectivity index (χ3n) is 2.93. The average molecular weight is 293 g/mol. The molecule has 1 amide bonds. The van der Waals surface area contributed by atoms with Crippen molar-refractivity contribution < 1.29 is 24.2 Å². The summed E-state index contributed by atoms with van der Waals surface area (Å²) in [6.07, 6.45) is 0.00401. The molecule has 1 aliphatic rings. The summed E-state index contributed by atoms with van der Waals surface area (Å²) in [6.45, 7) is 5.70. The van der Waals surface area contributed by atoms with Crippen molar-refractivity contribution in [1.29, 1.82) is 0 Å². The van der Waals surface area contributed by atoms with Gasteiger partial charge in [-0.15, -0.1) is 0 Å². The molecule has 114 valence electrons. The highest BCUT2D eigenvalue weighted by Gasteiger charge is 2.24. The predicted octanol–water partition coefficient (Wildman–Crippen LogP) is 2.21. The second-order valence-electron chi connectivity index (χ2n) is 5.99. The number of benzene rings is 1. The molecule has 2 rings (SSSR count). The van der Waals surface area contributed by atoms with Gasteiger partial charge in [0.2, 0.25) is 0 Å². The lowest BCUT2D eigenvalue weighted by molar-refractivity contribution is 0.0480. The maximum atomic E-state index is 11.7. The molecule has 6 heteroatoms. The van der Waals surface area contributed by atoms with E-state index in [0.29, 0.717) is 18.8 Å². The number of alkyl carbamates (subject to hydrolysis) is 1. The lowest BCUT2D eigenvalue weighted by Crippen LogP contribution is -2.44. The zero-order valence-corrected chi connectivity index (χ0v) is 12.3. The molecular weight excluding hydrogens is 274 g/mol. The number of nitrogens with one attached hydrogen (secondary N) is 1. The Balaban J connectivity index is 2.03. The van der Waals surface area contributed by atoms with Gasteiger partial charge < -0.3 is 19.9 Å². The van der Waals surface area contributed by atoms with Crippen LogP contribution in [0.5, 0.6) is 5.75 Å². The van der Waals surface area contributed by atoms with Crippen molar-refractivity contribution in [2.24, 2.45) is 0 Å². The summed E-state index contributed by atoms with van der Waals surface area (Å²) in [5.41, 5.74) is 0.408. The predicted molar refractivity (Wildman–Crippen MR) is 75.8 cm³/mol. The number of carbonyl (C=O) groups is 2. The van der Waals surface area contributed by atoms with E-state index in [9.17, 15) is 9.59 Å². The Labute approximate surface area is 123 Å². The first kappa shape index (κ1) is 15.2. The van der Waals surface area contributed by atoms with Crippen molar-refractivity contribution in [3.63, 3.8) is 0 Å². The van der Waals surface area contributed by atoms with E-state index in [-0.39, 0.29) is 11.6 Å². The summed E-state index contributed by atoms with van der Waals surface area (Å²) in [5, 5.41) is 11.7. The Kier molecular flexibility index (Phi) is 4.06. The van der Waals surface area contributed by atoms with E-state index in [4.69, 9.17) is 14.6 Å². The van der Waals surface area contributed by atoms with Gasteiger partial charge in [-0.25, -0.2) is 9.59 Å². The van der Waals surface area contributed by atoms with Crippen molar-refractivity contribution in [2.75, 3.05) is 6.61 Å². The summed E-state index contributed by atoms with van der Waals surface area (Å²) in [7, 11) is 0. The molecule has 6 nitrogen and oxygen atoms in total. The van der Waals surface area contributed by atoms with E-state index in [2.05, 4.69) is 5.32 Å². The molecule has 2 N–H and O–H groups in total. The van der Waals surface area contributed by atoms with Crippen LogP contribution >= 0.6 is 0 Å². The van der Waals surface area contributed by atoms with Gasteiger partial charge in [-0.05, 0) is 51.0 Å². The van der Waals surface area contributed by atoms with E-state index in [1.807, 2.05) is 0 Å². The van der Waals surface area contributed by atoms with Gasteiger partial charge in [-0.3, -0.25) is 0 Å². The largest absolute Gasteiger partial charge is 0.491 e. The van der Waals surface area contributed by atoms with Gasteiger partial charge in [0, 0.05) is 0 Å². The number of carboxylic acid groups (broad SMARTS) is 1. The minimum Gasteiger partial charge on any atom is -0.491 e. The van der Waals surface area contributed by atoms with E-state index < -0.39 is 17.7 Å². The van der Waals surface area contributed by atoms with Crippen molar-refractivity contribution in [3.05, 3.63) is 29.3 Å². The Morgan fingerprint density at radius 3 is 2.71 bits per heavy atom. The van der Waals surface area contributed by atoms with Crippen molar-refractivity contribution >= 4 is 12.1 Å². The van der Waals surface area contributed by atoms with Gasteiger partial charge in [0.05, 0.1) is 11.6 Å². The molecule has 0 radical (unpaired) electrons. The summed E-state index contributed by atoms with van der Waals surface area (Å²) >= 11 is 0. The number of hydrogen-bond acceptors (Lipinski definition) is 4. The third kappa shape index (κ3) is 4.11. The van der Waals surface area contributed by atoms with Gasteiger partial charge in [0.15, 0.2) is 0 Å². The maximum Gasteiger partial charge on any atom is 0.408 e. The van der Waals surface area contributed by atoms with Crippen LogP contribution in [0, 0.1) is 0 Å². The molecule has 1 aliphatic heterocycles. The fourth-order valence-corrected chi connectivity index (χ4v) is 2.09. The molecule has 0 saturated carbocycles. The molecule has 1 aromatic rings. The highest BCUT2D eigenvalue weighted by atomic mass is 16.6. The van der Waals surface area contributed by atoms with Crippen LogP contribution in [0.2, 0.25) is 0 Å². The molecule has 1 heterocycles. The van der Waals surface area contributed by atoms with E-state index >= 15 is 0 Å². The van der Waals surface area contributed by atoms with Crippen molar-refractivity contribution in [1.82, 2.24) is 5.32 Å². The number of hydrogen-bond donors (Lipinski definition) is 2. The van der Waals surface area contributed by atoms with Gasteiger partial charge >= 0.3 is 12.1 Å². The van der Waals surface area contributed by atoms with Crippen LogP contribution in [0.15, 0.2) is 18.2 Å². The summed E-state index contributed by atoms with van der Waals surface area (Å²) in [4.78, 5) is 22.7. The molecule has 1 aromatic carbocycles. The fourth-order valence-electron chi connectivity index (χ4n) is 2.09. The Morgan fingerprint density at radius 2 is 2.10 bits per heavy atom. The molecule has 1 unspecified atom stereocenters. The first-order valence-corrected chi connectivity index (χ1v) is 6.73. The normalized spacial score (nSPS) is 17.4. The van der Waals surface area contributed by atoms with E-state index in [1.165, 1.54) is 6.07 Å². The Morgan fingerprint density at radius 1 is 1.38 bits per heavy atom. The molecule has 0 fully saturated rings. The molecule has 0 saturated heterocycles. The van der Waals surface area contributed by atoms with Crippen LogP contribution in [0.1, 0.15) is 36.7 Å². The molecule has 0 bridgehead atoms. The monoisotopic (exact) mass is 293 g/mol. The first-order chi connectivity index (χ1) is 9.74. The first-order valence-electron chi connectivity index (χ1n) is 6.73. The minimum atomic E-state index is -0.986. The van der Waals surface area contributed by atoms with Crippen molar-refractivity contribution in [2.45, 2.75) is 38.8 Å². The van der Waals surface area contributed by atoms with Crippen LogP contribution in [0.3, 0.4) is 0 Å². The number of fused-ring (bicyclic) bond motifs is 1. The number of amides is 1. The van der Waals surface area contributed by atoms with Crippen LogP contribution in [0.25, 0.3) is 0 Å². The number of rotatable bonds is 2. The second kappa shape index (κ2) is 5.63. The second-order valence-corrected chi connectivity index (χ2v) is 5.99. The van der Waals surface area contributed by atoms with Gasteiger partial charge in [0.1, 0.15) is 18.0 Å². The lowest BCUT2D eigenvalue weighted by Gasteiger charge is -2.27. The third-order valence-corrected chi connectivity index (χ3v) is 2.93. The zero-order valence-electron chi connectivity index (χ0n) is 12.3. The lowest BCUT2D eigenvalue weighted by atomic mass is 10.0. The number of carbonyl (C=O) groups excluding carboxylic acids is 1. The van der Waals surface area contributed by atoms with Crippen LogP contribution in [0.4, 0.5) is 4.79 Å². The van der Waals surface area contributed by atoms with Crippen LogP contribution < -0.4 is 10.1 Å². The van der Waals surface area contributed by atoms with E-state index in [0.717, 1.165) is 5.56 Å². The average Bonchev–Trinajstić information content (AvgIpc) is 2.35. The molecule has 0 spiro atoms. The zero-order chi connectivity index (χ0) is 15.6. The van der Waals surface area contributed by atoms with Gasteiger partial charge in [-0.1, -0.05) is 0 Å². The molecule has 0 aliphatic carbocycles. The Hall–Kier alpha value is -2.24. The highest BCUT2D eigenvalue weighted by Crippen LogP contribution is 2.26. The van der Waals surface area contributed by atoms with E-state index in [1.54, 1.807) is 32.9 Å². The molecule has 21 heavy (non-hydrogen) atoms. The van der Waals surface area contributed by atoms with Crippen molar-refractivity contribution in [3.8, 4) is 5.75 Å². The molecule has 1 atom stereocenters. The number of aromatic carboxylic acids is 1. The number of ether oxygens (including phenoxy) is 2. The SMILES string of the molecule is CC(C)(C)OC(=O)NC1COc2ccc(C(=O)O)cc2C1. The molecule has 0 aromatic heterocycles. The van der Waals surface area contributed by atoms with Crippen LogP contribution in [-0.4, -0.2) is 35.4 Å². The summed E-state index contributed by atoms with van der Waals surface area (Å²) < 4.78 is 10.7. The topological polar surface area (TPSA) is 84.9 Å². The smallest absolute Gasteiger partial charge is 0.408 e. The summed E-state index contributed by atoms with van der Waals surface area (Å²) in [5.74, 6) is -0.331. The van der Waals surface area contributed by atoms with Gasteiger partial charge in [0.25, 0.3) is 0 Å². The highest BCUT2D eigenvalue weighted by molar-refractivity contribution is 5.88. The quantitative estimate of drug-likeness (QED) is 0.873. The van der Waals surface area contributed by atoms with Crippen LogP contribution in [-0.2, 0) is 11.2 Å². The fraction of sp³-hybridized carbons (Fsp3) is 0.467. The molecular formula is C15H19NO5. The minimum absolute atomic E-state index is 0.204. The standard InChI is InChI=1S/C15H19NO5/c1-15(2,3)21-14(19)16-11-7-10-6-9(13(17)18)4-5-12(10)20-8-11/h4-6,11H,7-8H2,1-3H3,(H,16,19)(H,17,18). The maximum absolute atomic E-state index is 11.7.